The van der Waals surface area contributed by atoms with Crippen LogP contribution in [0.5, 0.6) is 0 Å². The van der Waals surface area contributed by atoms with Gasteiger partial charge in [0.1, 0.15) is 5.82 Å². The van der Waals surface area contributed by atoms with E-state index in [0.717, 1.165) is 0 Å². The molecule has 0 radical (unpaired) electrons. The average molecular weight is 324 g/mol. The number of aromatic nitrogens is 4. The molecule has 0 atom stereocenters. The number of hydrogen-bond donors (Lipinski definition) is 2. The Labute approximate surface area is 117 Å². The van der Waals surface area contributed by atoms with Gasteiger partial charge >= 0.3 is 6.18 Å². The summed E-state index contributed by atoms with van der Waals surface area (Å²) in [6, 6.07) is 2.73. The lowest BCUT2D eigenvalue weighted by molar-refractivity contribution is -0.146. The van der Waals surface area contributed by atoms with Crippen molar-refractivity contribution < 1.29 is 21.6 Å². The standard InChI is InChI=1S/C9H11F3N6O2S/c10-9(11,12)8-16-15-7-3-2-6(17-18(7)8)14-4-1-5-21(13,19)20/h2-3H,1,4-5H2,(H,14,17)(H2,13,19,20). The molecule has 2 rings (SSSR count). The first-order valence-electron chi connectivity index (χ1n) is 5.71. The minimum absolute atomic E-state index is 0.0441. The van der Waals surface area contributed by atoms with E-state index in [1.165, 1.54) is 12.1 Å². The van der Waals surface area contributed by atoms with Crippen LogP contribution >= 0.6 is 0 Å². The van der Waals surface area contributed by atoms with E-state index in [0.29, 0.717) is 4.52 Å². The third kappa shape index (κ3) is 4.01. The summed E-state index contributed by atoms with van der Waals surface area (Å²) < 4.78 is 60.0. The fourth-order valence-corrected chi connectivity index (χ4v) is 2.10. The van der Waals surface area contributed by atoms with Gasteiger partial charge in [-0.05, 0) is 18.6 Å². The molecule has 3 N–H and O–H groups in total. The molecule has 2 aromatic rings. The van der Waals surface area contributed by atoms with Crippen molar-refractivity contribution in [3.63, 3.8) is 0 Å². The first kappa shape index (κ1) is 15.4. The zero-order valence-corrected chi connectivity index (χ0v) is 11.3. The summed E-state index contributed by atoms with van der Waals surface area (Å²) in [6.07, 6.45) is -4.47. The lowest BCUT2D eigenvalue weighted by Gasteiger charge is -2.07. The number of anilines is 1. The van der Waals surface area contributed by atoms with Crippen LogP contribution in [0, 0.1) is 0 Å². The predicted molar refractivity (Wildman–Crippen MR) is 66.9 cm³/mol. The molecule has 0 aliphatic heterocycles. The van der Waals surface area contributed by atoms with Crippen LogP contribution in [0.2, 0.25) is 0 Å². The molecule has 2 aromatic heterocycles. The fraction of sp³-hybridized carbons (Fsp3) is 0.444. The van der Waals surface area contributed by atoms with Gasteiger partial charge in [0.2, 0.25) is 10.0 Å². The molecule has 12 heteroatoms. The molecule has 0 amide bonds. The van der Waals surface area contributed by atoms with Gasteiger partial charge in [-0.15, -0.1) is 15.3 Å². The molecule has 0 fully saturated rings. The highest BCUT2D eigenvalue weighted by Gasteiger charge is 2.37. The monoisotopic (exact) mass is 324 g/mol. The molecule has 0 aromatic carbocycles. The van der Waals surface area contributed by atoms with E-state index in [1.54, 1.807) is 0 Å². The molecule has 0 aliphatic rings. The maximum absolute atomic E-state index is 12.7. The van der Waals surface area contributed by atoms with Crippen LogP contribution < -0.4 is 10.5 Å². The second-order valence-corrected chi connectivity index (χ2v) is 5.89. The van der Waals surface area contributed by atoms with E-state index in [1.807, 2.05) is 0 Å². The van der Waals surface area contributed by atoms with E-state index in [9.17, 15) is 21.6 Å². The first-order chi connectivity index (χ1) is 9.67. The predicted octanol–water partition coefficient (Wildman–Crippen LogP) is 0.234. The van der Waals surface area contributed by atoms with Gasteiger partial charge in [-0.25, -0.2) is 13.6 Å². The van der Waals surface area contributed by atoms with Gasteiger partial charge in [0.25, 0.3) is 5.82 Å². The summed E-state index contributed by atoms with van der Waals surface area (Å²) in [4.78, 5) is 0. The number of fused-ring (bicyclic) bond motifs is 1. The van der Waals surface area contributed by atoms with Crippen molar-refractivity contribution >= 4 is 21.5 Å². The second-order valence-electron chi connectivity index (χ2n) is 4.16. The zero-order valence-electron chi connectivity index (χ0n) is 10.5. The van der Waals surface area contributed by atoms with Gasteiger partial charge in [0.05, 0.1) is 5.75 Å². The summed E-state index contributed by atoms with van der Waals surface area (Å²) in [5.74, 6) is -1.32. The molecule has 0 saturated carbocycles. The normalized spacial score (nSPS) is 12.8. The number of halogens is 3. The fourth-order valence-electron chi connectivity index (χ4n) is 1.55. The third-order valence-corrected chi connectivity index (χ3v) is 3.29. The number of alkyl halides is 3. The number of nitrogens with one attached hydrogen (secondary N) is 1. The summed E-state index contributed by atoms with van der Waals surface area (Å²) in [5, 5.41) is 17.6. The Bertz CT molecular complexity index is 742. The molecule has 0 aliphatic carbocycles. The number of nitrogens with two attached hydrogens (primary N) is 1. The third-order valence-electron chi connectivity index (χ3n) is 2.43. The number of nitrogens with zero attached hydrogens (tertiary/aromatic N) is 4. The SMILES string of the molecule is NS(=O)(=O)CCCNc1ccc2nnc(C(F)(F)F)n2n1. The number of rotatable bonds is 5. The molecular weight excluding hydrogens is 313 g/mol. The van der Waals surface area contributed by atoms with Gasteiger partial charge in [0, 0.05) is 6.54 Å². The highest BCUT2D eigenvalue weighted by Crippen LogP contribution is 2.27. The highest BCUT2D eigenvalue weighted by atomic mass is 32.2. The van der Waals surface area contributed by atoms with Crippen molar-refractivity contribution in [2.24, 2.45) is 5.14 Å². The number of primary sulfonamides is 1. The van der Waals surface area contributed by atoms with Crippen LogP contribution in [0.3, 0.4) is 0 Å². The molecule has 2 heterocycles. The minimum Gasteiger partial charge on any atom is -0.369 e. The Morgan fingerprint density at radius 2 is 2.00 bits per heavy atom. The average Bonchev–Trinajstić information content (AvgIpc) is 2.76. The van der Waals surface area contributed by atoms with Crippen LogP contribution in [0.15, 0.2) is 12.1 Å². The van der Waals surface area contributed by atoms with Crippen LogP contribution in [0.25, 0.3) is 5.65 Å². The molecular formula is C9H11F3N6O2S. The van der Waals surface area contributed by atoms with E-state index >= 15 is 0 Å². The van der Waals surface area contributed by atoms with Crippen molar-refractivity contribution in [2.45, 2.75) is 12.6 Å². The Hall–Kier alpha value is -1.95. The summed E-state index contributed by atoms with van der Waals surface area (Å²) in [5.41, 5.74) is -0.0441. The Morgan fingerprint density at radius 3 is 2.62 bits per heavy atom. The van der Waals surface area contributed by atoms with E-state index in [2.05, 4.69) is 20.6 Å². The first-order valence-corrected chi connectivity index (χ1v) is 7.42. The number of sulfonamides is 1. The summed E-state index contributed by atoms with van der Waals surface area (Å²) in [6.45, 7) is 0.193. The number of hydrogen-bond acceptors (Lipinski definition) is 6. The highest BCUT2D eigenvalue weighted by molar-refractivity contribution is 7.89. The lowest BCUT2D eigenvalue weighted by Crippen LogP contribution is -2.19. The van der Waals surface area contributed by atoms with Crippen LogP contribution in [-0.4, -0.2) is 40.5 Å². The maximum atomic E-state index is 12.7. The van der Waals surface area contributed by atoms with Crippen molar-refractivity contribution in [1.29, 1.82) is 0 Å². The summed E-state index contributed by atoms with van der Waals surface area (Å²) >= 11 is 0. The van der Waals surface area contributed by atoms with Crippen molar-refractivity contribution in [3.8, 4) is 0 Å². The molecule has 0 saturated heterocycles. The van der Waals surface area contributed by atoms with Crippen LogP contribution in [-0.2, 0) is 16.2 Å². The van der Waals surface area contributed by atoms with Gasteiger partial charge in [-0.1, -0.05) is 0 Å². The van der Waals surface area contributed by atoms with Crippen LogP contribution in [0.1, 0.15) is 12.2 Å². The Morgan fingerprint density at radius 1 is 1.29 bits per heavy atom. The molecule has 0 bridgehead atoms. The lowest BCUT2D eigenvalue weighted by atomic mass is 10.4. The zero-order chi connectivity index (χ0) is 15.7. The molecule has 116 valence electrons. The van der Waals surface area contributed by atoms with Crippen molar-refractivity contribution in [1.82, 2.24) is 19.8 Å². The van der Waals surface area contributed by atoms with E-state index in [4.69, 9.17) is 5.14 Å². The molecule has 21 heavy (non-hydrogen) atoms. The molecule has 8 nitrogen and oxygen atoms in total. The summed E-state index contributed by atoms with van der Waals surface area (Å²) in [7, 11) is -3.56. The van der Waals surface area contributed by atoms with Crippen molar-refractivity contribution in [3.05, 3.63) is 18.0 Å². The van der Waals surface area contributed by atoms with Gasteiger partial charge in [-0.3, -0.25) is 0 Å². The van der Waals surface area contributed by atoms with Crippen molar-refractivity contribution in [2.75, 3.05) is 17.6 Å². The van der Waals surface area contributed by atoms with Crippen LogP contribution in [0.4, 0.5) is 19.0 Å². The Kier molecular flexibility index (Phi) is 4.00. The quantitative estimate of drug-likeness (QED) is 0.761. The second kappa shape index (κ2) is 5.44. The van der Waals surface area contributed by atoms with Gasteiger partial charge < -0.3 is 5.32 Å². The largest absolute Gasteiger partial charge is 0.453 e. The Balaban J connectivity index is 2.11. The van der Waals surface area contributed by atoms with Gasteiger partial charge in [0.15, 0.2) is 5.65 Å². The van der Waals surface area contributed by atoms with E-state index in [-0.39, 0.29) is 30.2 Å². The maximum Gasteiger partial charge on any atom is 0.453 e. The molecule has 0 unspecified atom stereocenters. The minimum atomic E-state index is -4.67. The smallest absolute Gasteiger partial charge is 0.369 e. The molecule has 0 spiro atoms. The topological polar surface area (TPSA) is 115 Å². The van der Waals surface area contributed by atoms with Gasteiger partial charge in [-0.2, -0.15) is 17.7 Å². The van der Waals surface area contributed by atoms with E-state index < -0.39 is 22.0 Å².